The zero-order chi connectivity index (χ0) is 13.4. The van der Waals surface area contributed by atoms with Gasteiger partial charge < -0.3 is 10.5 Å². The van der Waals surface area contributed by atoms with Gasteiger partial charge in [0, 0.05) is 30.4 Å². The summed E-state index contributed by atoms with van der Waals surface area (Å²) in [7, 11) is 0. The predicted molar refractivity (Wildman–Crippen MR) is 73.9 cm³/mol. The molecule has 1 atom stereocenters. The van der Waals surface area contributed by atoms with Crippen LogP contribution < -0.4 is 5.73 Å². The maximum Gasteiger partial charge on any atom is 0.161 e. The Kier molecular flexibility index (Phi) is 3.41. The van der Waals surface area contributed by atoms with Crippen LogP contribution in [0.3, 0.4) is 0 Å². The topological polar surface area (TPSA) is 64.3 Å². The summed E-state index contributed by atoms with van der Waals surface area (Å²) in [4.78, 5) is 11.6. The van der Waals surface area contributed by atoms with Crippen molar-refractivity contribution in [2.75, 3.05) is 25.4 Å². The van der Waals surface area contributed by atoms with Gasteiger partial charge in [0.05, 0.1) is 6.61 Å². The maximum atomic E-state index is 6.05. The molecule has 0 aromatic carbocycles. The number of hydrogen-bond donors (Lipinski definition) is 1. The normalized spacial score (nSPS) is 23.8. The van der Waals surface area contributed by atoms with Crippen molar-refractivity contribution in [3.63, 3.8) is 0 Å². The average molecular weight is 262 g/mol. The molecule has 0 saturated carbocycles. The summed E-state index contributed by atoms with van der Waals surface area (Å²) in [6.07, 6.45) is 3.14. The van der Waals surface area contributed by atoms with Crippen LogP contribution in [0.2, 0.25) is 0 Å². The van der Waals surface area contributed by atoms with Crippen LogP contribution in [0.15, 0.2) is 0 Å². The second-order valence-electron chi connectivity index (χ2n) is 5.69. The van der Waals surface area contributed by atoms with E-state index in [0.717, 1.165) is 56.0 Å². The molecule has 0 radical (unpaired) electrons. The molecule has 1 aromatic rings. The number of ether oxygens (including phenoxy) is 1. The lowest BCUT2D eigenvalue weighted by Gasteiger charge is -2.34. The Hall–Kier alpha value is -1.20. The molecule has 5 heteroatoms. The smallest absolute Gasteiger partial charge is 0.161 e. The Balaban J connectivity index is 1.84. The summed E-state index contributed by atoms with van der Waals surface area (Å²) in [6, 6.07) is 0.526. The van der Waals surface area contributed by atoms with Crippen LogP contribution in [0.4, 0.5) is 5.82 Å². The summed E-state index contributed by atoms with van der Waals surface area (Å²) in [6.45, 7) is 6.99. The van der Waals surface area contributed by atoms with Crippen molar-refractivity contribution in [3.8, 4) is 0 Å². The minimum absolute atomic E-state index is 0.0376. The number of aryl methyl sites for hydroxylation is 1. The molecule has 1 fully saturated rings. The Morgan fingerprint density at radius 1 is 1.32 bits per heavy atom. The highest BCUT2D eigenvalue weighted by Gasteiger charge is 2.27. The van der Waals surface area contributed by atoms with Gasteiger partial charge in [-0.1, -0.05) is 0 Å². The van der Waals surface area contributed by atoms with Crippen molar-refractivity contribution in [3.05, 3.63) is 17.1 Å². The third kappa shape index (κ3) is 2.44. The molecule has 2 N–H and O–H groups in total. The summed E-state index contributed by atoms with van der Waals surface area (Å²) in [5.74, 6) is 1.42. The molecule has 2 heterocycles. The van der Waals surface area contributed by atoms with E-state index in [9.17, 15) is 0 Å². The fourth-order valence-corrected chi connectivity index (χ4v) is 2.92. The zero-order valence-electron chi connectivity index (χ0n) is 11.7. The van der Waals surface area contributed by atoms with Crippen molar-refractivity contribution >= 4 is 5.82 Å². The molecule has 19 heavy (non-hydrogen) atoms. The number of nitrogens with two attached hydrogens (primary N) is 1. The van der Waals surface area contributed by atoms with Crippen LogP contribution in [0, 0.1) is 0 Å². The summed E-state index contributed by atoms with van der Waals surface area (Å²) in [5, 5.41) is 0. The molecule has 1 saturated heterocycles. The lowest BCUT2D eigenvalue weighted by Crippen LogP contribution is -2.42. The van der Waals surface area contributed by atoms with E-state index in [1.165, 1.54) is 0 Å². The molecule has 1 aliphatic heterocycles. The number of rotatable bonds is 2. The standard InChI is InChI=1S/C14H22N4O/c1-9(2)18-6-7-19-12(8-18)14-16-11-5-3-4-10(11)13(15)17-14/h9,12H,3-8H2,1-2H3,(H2,15,16,17). The minimum Gasteiger partial charge on any atom is -0.383 e. The van der Waals surface area contributed by atoms with Gasteiger partial charge in [-0.15, -0.1) is 0 Å². The van der Waals surface area contributed by atoms with E-state index in [2.05, 4.69) is 28.7 Å². The molecular weight excluding hydrogens is 240 g/mol. The first kappa shape index (κ1) is 12.8. The van der Waals surface area contributed by atoms with Crippen LogP contribution in [0.25, 0.3) is 0 Å². The van der Waals surface area contributed by atoms with E-state index in [-0.39, 0.29) is 6.10 Å². The molecule has 3 rings (SSSR count). The fourth-order valence-electron chi connectivity index (χ4n) is 2.92. The first-order valence-electron chi connectivity index (χ1n) is 7.16. The monoisotopic (exact) mass is 262 g/mol. The SMILES string of the molecule is CC(C)N1CCOC(c2nc(N)c3c(n2)CCC3)C1. The number of nitrogen functional groups attached to an aromatic ring is 1. The van der Waals surface area contributed by atoms with Gasteiger partial charge in [-0.05, 0) is 33.1 Å². The molecule has 2 aliphatic rings. The van der Waals surface area contributed by atoms with Crippen LogP contribution in [0.5, 0.6) is 0 Å². The summed E-state index contributed by atoms with van der Waals surface area (Å²) < 4.78 is 5.84. The Morgan fingerprint density at radius 3 is 2.95 bits per heavy atom. The highest BCUT2D eigenvalue weighted by Crippen LogP contribution is 2.28. The van der Waals surface area contributed by atoms with Gasteiger partial charge in [0.15, 0.2) is 5.82 Å². The number of aromatic nitrogens is 2. The number of anilines is 1. The second kappa shape index (κ2) is 5.06. The van der Waals surface area contributed by atoms with Gasteiger partial charge in [-0.3, -0.25) is 4.90 Å². The van der Waals surface area contributed by atoms with Crippen molar-refractivity contribution in [1.82, 2.24) is 14.9 Å². The van der Waals surface area contributed by atoms with E-state index in [4.69, 9.17) is 10.5 Å². The Labute approximate surface area is 114 Å². The third-order valence-corrected chi connectivity index (χ3v) is 4.10. The van der Waals surface area contributed by atoms with Gasteiger partial charge in [0.2, 0.25) is 0 Å². The summed E-state index contributed by atoms with van der Waals surface area (Å²) in [5.41, 5.74) is 8.34. The molecule has 5 nitrogen and oxygen atoms in total. The van der Waals surface area contributed by atoms with Crippen LogP contribution in [0.1, 0.15) is 43.5 Å². The summed E-state index contributed by atoms with van der Waals surface area (Å²) >= 11 is 0. The molecule has 0 bridgehead atoms. The second-order valence-corrected chi connectivity index (χ2v) is 5.69. The van der Waals surface area contributed by atoms with E-state index >= 15 is 0 Å². The molecule has 1 unspecified atom stereocenters. The molecule has 1 aromatic heterocycles. The fraction of sp³-hybridized carbons (Fsp3) is 0.714. The third-order valence-electron chi connectivity index (χ3n) is 4.10. The lowest BCUT2D eigenvalue weighted by atomic mass is 10.2. The van der Waals surface area contributed by atoms with Gasteiger partial charge >= 0.3 is 0 Å². The van der Waals surface area contributed by atoms with Crippen molar-refractivity contribution in [2.45, 2.75) is 45.3 Å². The van der Waals surface area contributed by atoms with Gasteiger partial charge in [0.25, 0.3) is 0 Å². The van der Waals surface area contributed by atoms with E-state index < -0.39 is 0 Å². The number of morpholine rings is 1. The predicted octanol–water partition coefficient (Wildman–Crippen LogP) is 1.33. The highest BCUT2D eigenvalue weighted by molar-refractivity contribution is 5.44. The first-order valence-corrected chi connectivity index (χ1v) is 7.16. The van der Waals surface area contributed by atoms with Gasteiger partial charge in [0.1, 0.15) is 11.9 Å². The van der Waals surface area contributed by atoms with E-state index in [1.54, 1.807) is 0 Å². The molecule has 0 spiro atoms. The maximum absolute atomic E-state index is 6.05. The Bertz CT molecular complexity index is 475. The number of nitrogens with zero attached hydrogens (tertiary/aromatic N) is 3. The highest BCUT2D eigenvalue weighted by atomic mass is 16.5. The van der Waals surface area contributed by atoms with Crippen molar-refractivity contribution in [2.24, 2.45) is 0 Å². The average Bonchev–Trinajstić information content (AvgIpc) is 2.87. The molecule has 1 aliphatic carbocycles. The van der Waals surface area contributed by atoms with E-state index in [1.807, 2.05) is 0 Å². The van der Waals surface area contributed by atoms with E-state index in [0.29, 0.717) is 11.9 Å². The largest absolute Gasteiger partial charge is 0.383 e. The minimum atomic E-state index is -0.0376. The van der Waals surface area contributed by atoms with Gasteiger partial charge in [-0.25, -0.2) is 9.97 Å². The van der Waals surface area contributed by atoms with Crippen molar-refractivity contribution in [1.29, 1.82) is 0 Å². The molecule has 0 amide bonds. The quantitative estimate of drug-likeness (QED) is 0.871. The zero-order valence-corrected chi connectivity index (χ0v) is 11.7. The van der Waals surface area contributed by atoms with Crippen LogP contribution >= 0.6 is 0 Å². The van der Waals surface area contributed by atoms with Crippen LogP contribution in [-0.4, -0.2) is 40.6 Å². The Morgan fingerprint density at radius 2 is 2.16 bits per heavy atom. The number of hydrogen-bond acceptors (Lipinski definition) is 5. The molecule has 104 valence electrons. The molecular formula is C14H22N4O. The van der Waals surface area contributed by atoms with Crippen molar-refractivity contribution < 1.29 is 4.74 Å². The first-order chi connectivity index (χ1) is 9.15. The van der Waals surface area contributed by atoms with Crippen LogP contribution in [-0.2, 0) is 17.6 Å². The van der Waals surface area contributed by atoms with Gasteiger partial charge in [-0.2, -0.15) is 0 Å². The lowest BCUT2D eigenvalue weighted by molar-refractivity contribution is -0.0442. The number of fused-ring (bicyclic) bond motifs is 1.